The number of rotatable bonds is 6. The van der Waals surface area contributed by atoms with Crippen molar-refractivity contribution in [3.05, 3.63) is 35.3 Å². The molecule has 0 aliphatic rings. The molecule has 1 aromatic heterocycles. The van der Waals surface area contributed by atoms with Gasteiger partial charge in [-0.3, -0.25) is 4.79 Å². The first-order valence-electron chi connectivity index (χ1n) is 7.15. The van der Waals surface area contributed by atoms with Crippen LogP contribution < -0.4 is 5.32 Å². The second-order valence-electron chi connectivity index (χ2n) is 5.17. The van der Waals surface area contributed by atoms with Crippen LogP contribution in [0.4, 0.5) is 4.39 Å². The number of hydrogen-bond donors (Lipinski definition) is 2. The van der Waals surface area contributed by atoms with Gasteiger partial charge in [0.15, 0.2) is 17.2 Å². The van der Waals surface area contributed by atoms with Crippen LogP contribution in [0.2, 0.25) is 0 Å². The van der Waals surface area contributed by atoms with Gasteiger partial charge in [0.1, 0.15) is 0 Å². The van der Waals surface area contributed by atoms with Gasteiger partial charge in [0, 0.05) is 24.1 Å². The largest absolute Gasteiger partial charge is 0.448 e. The van der Waals surface area contributed by atoms with Crippen molar-refractivity contribution in [2.45, 2.75) is 26.7 Å². The van der Waals surface area contributed by atoms with Crippen molar-refractivity contribution in [1.82, 2.24) is 5.32 Å². The van der Waals surface area contributed by atoms with Crippen molar-refractivity contribution in [2.75, 3.05) is 13.2 Å². The second kappa shape index (κ2) is 6.72. The summed E-state index contributed by atoms with van der Waals surface area (Å²) in [5.74, 6) is -0.449. The van der Waals surface area contributed by atoms with Crippen LogP contribution in [0.1, 0.15) is 35.9 Å². The monoisotopic (exact) mass is 293 g/mol. The first kappa shape index (κ1) is 15.5. The molecule has 2 aromatic rings. The molecule has 21 heavy (non-hydrogen) atoms. The van der Waals surface area contributed by atoms with Gasteiger partial charge in [0.2, 0.25) is 0 Å². The molecule has 0 saturated carbocycles. The maximum Gasteiger partial charge on any atom is 0.287 e. The Labute approximate surface area is 122 Å². The van der Waals surface area contributed by atoms with Crippen LogP contribution in [0.25, 0.3) is 11.0 Å². The lowest BCUT2D eigenvalue weighted by Gasteiger charge is -2.13. The summed E-state index contributed by atoms with van der Waals surface area (Å²) in [6, 6.07) is 4.63. The molecule has 4 nitrogen and oxygen atoms in total. The molecule has 1 atom stereocenters. The molecule has 0 fully saturated rings. The Morgan fingerprint density at radius 2 is 2.24 bits per heavy atom. The molecule has 0 saturated heterocycles. The Morgan fingerprint density at radius 3 is 2.86 bits per heavy atom. The molecular weight excluding hydrogens is 273 g/mol. The third kappa shape index (κ3) is 3.24. The molecule has 1 amide bonds. The van der Waals surface area contributed by atoms with E-state index in [0.717, 1.165) is 6.42 Å². The van der Waals surface area contributed by atoms with Crippen molar-refractivity contribution in [2.24, 2.45) is 5.92 Å². The van der Waals surface area contributed by atoms with Gasteiger partial charge in [0.25, 0.3) is 5.91 Å². The van der Waals surface area contributed by atoms with Crippen molar-refractivity contribution in [3.8, 4) is 0 Å². The Bertz CT molecular complexity index is 636. The molecule has 0 aliphatic heterocycles. The molecule has 1 heterocycles. The van der Waals surface area contributed by atoms with E-state index in [2.05, 4.69) is 5.32 Å². The van der Waals surface area contributed by atoms with Gasteiger partial charge < -0.3 is 14.8 Å². The number of furan rings is 1. The smallest absolute Gasteiger partial charge is 0.287 e. The van der Waals surface area contributed by atoms with Crippen molar-refractivity contribution in [3.63, 3.8) is 0 Å². The molecule has 5 heteroatoms. The van der Waals surface area contributed by atoms with Crippen LogP contribution in [0.15, 0.2) is 22.6 Å². The van der Waals surface area contributed by atoms with Crippen molar-refractivity contribution >= 4 is 16.9 Å². The van der Waals surface area contributed by atoms with Gasteiger partial charge in [-0.25, -0.2) is 4.39 Å². The first-order chi connectivity index (χ1) is 10.1. The second-order valence-corrected chi connectivity index (χ2v) is 5.17. The topological polar surface area (TPSA) is 62.5 Å². The minimum absolute atomic E-state index is 0.100. The quantitative estimate of drug-likeness (QED) is 0.860. The summed E-state index contributed by atoms with van der Waals surface area (Å²) in [4.78, 5) is 12.2. The summed E-state index contributed by atoms with van der Waals surface area (Å²) >= 11 is 0. The van der Waals surface area contributed by atoms with Gasteiger partial charge in [-0.15, -0.1) is 0 Å². The number of carbonyl (C=O) groups is 1. The van der Waals surface area contributed by atoms with Gasteiger partial charge in [-0.1, -0.05) is 25.5 Å². The van der Waals surface area contributed by atoms with Crippen LogP contribution >= 0.6 is 0 Å². The molecule has 2 N–H and O–H groups in total. The van der Waals surface area contributed by atoms with E-state index in [9.17, 15) is 9.18 Å². The van der Waals surface area contributed by atoms with Crippen LogP contribution in [0.5, 0.6) is 0 Å². The van der Waals surface area contributed by atoms with Gasteiger partial charge >= 0.3 is 0 Å². The Hall–Kier alpha value is -1.88. The number of fused-ring (bicyclic) bond motifs is 1. The zero-order valence-corrected chi connectivity index (χ0v) is 12.3. The zero-order valence-electron chi connectivity index (χ0n) is 12.3. The predicted molar refractivity (Wildman–Crippen MR) is 78.7 cm³/mol. The number of aliphatic hydroxyl groups is 1. The lowest BCUT2D eigenvalue weighted by Crippen LogP contribution is -2.29. The van der Waals surface area contributed by atoms with Crippen LogP contribution in [0.3, 0.4) is 0 Å². The van der Waals surface area contributed by atoms with E-state index in [-0.39, 0.29) is 29.8 Å². The molecule has 0 spiro atoms. The SMILES string of the molecule is CCC(CCO)CNC(=O)c1oc2c(F)cccc2c1C. The number of nitrogens with one attached hydrogen (secondary N) is 1. The highest BCUT2D eigenvalue weighted by atomic mass is 19.1. The number of para-hydroxylation sites is 1. The zero-order chi connectivity index (χ0) is 15.4. The summed E-state index contributed by atoms with van der Waals surface area (Å²) in [7, 11) is 0. The van der Waals surface area contributed by atoms with Gasteiger partial charge in [-0.05, 0) is 25.3 Å². The fraction of sp³-hybridized carbons (Fsp3) is 0.438. The minimum Gasteiger partial charge on any atom is -0.448 e. The number of aliphatic hydroxyl groups excluding tert-OH is 1. The Kier molecular flexibility index (Phi) is 4.96. The number of hydrogen-bond acceptors (Lipinski definition) is 3. The molecule has 0 radical (unpaired) electrons. The molecular formula is C16H20FNO3. The number of aryl methyl sites for hydroxylation is 1. The van der Waals surface area contributed by atoms with Crippen LogP contribution in [-0.2, 0) is 0 Å². The predicted octanol–water partition coefficient (Wildman–Crippen LogP) is 3.02. The van der Waals surface area contributed by atoms with Crippen LogP contribution in [-0.4, -0.2) is 24.2 Å². The average Bonchev–Trinajstić information content (AvgIpc) is 2.82. The fourth-order valence-electron chi connectivity index (χ4n) is 2.38. The van der Waals surface area contributed by atoms with Crippen molar-refractivity contribution in [1.29, 1.82) is 0 Å². The van der Waals surface area contributed by atoms with Crippen molar-refractivity contribution < 1.29 is 18.7 Å². The maximum atomic E-state index is 13.7. The van der Waals surface area contributed by atoms with Gasteiger partial charge in [-0.2, -0.15) is 0 Å². The summed E-state index contributed by atoms with van der Waals surface area (Å²) < 4.78 is 19.0. The number of carbonyl (C=O) groups excluding carboxylic acids is 1. The highest BCUT2D eigenvalue weighted by molar-refractivity contribution is 5.98. The van der Waals surface area contributed by atoms with E-state index in [1.807, 2.05) is 6.92 Å². The molecule has 0 bridgehead atoms. The lowest BCUT2D eigenvalue weighted by molar-refractivity contribution is 0.0917. The van der Waals surface area contributed by atoms with E-state index in [4.69, 9.17) is 9.52 Å². The number of benzene rings is 1. The molecule has 1 unspecified atom stereocenters. The fourth-order valence-corrected chi connectivity index (χ4v) is 2.38. The summed E-state index contributed by atoms with van der Waals surface area (Å²) in [6.07, 6.45) is 1.51. The lowest BCUT2D eigenvalue weighted by atomic mass is 10.0. The minimum atomic E-state index is -0.471. The molecule has 0 aliphatic carbocycles. The number of halogens is 1. The highest BCUT2D eigenvalue weighted by Gasteiger charge is 2.20. The van der Waals surface area contributed by atoms with Gasteiger partial charge in [0.05, 0.1) is 0 Å². The Balaban J connectivity index is 2.16. The van der Waals surface area contributed by atoms with E-state index in [1.165, 1.54) is 6.07 Å². The standard InChI is InChI=1S/C16H20FNO3/c1-3-11(7-8-19)9-18-16(20)14-10(2)12-5-4-6-13(17)15(12)21-14/h4-6,11,19H,3,7-9H2,1-2H3,(H,18,20). The summed E-state index contributed by atoms with van der Waals surface area (Å²) in [5.41, 5.74) is 0.750. The van der Waals surface area contributed by atoms with E-state index in [0.29, 0.717) is 23.9 Å². The van der Waals surface area contributed by atoms with Crippen LogP contribution in [0, 0.1) is 18.7 Å². The average molecular weight is 293 g/mol. The maximum absolute atomic E-state index is 13.7. The first-order valence-corrected chi connectivity index (χ1v) is 7.15. The summed E-state index contributed by atoms with van der Waals surface area (Å²) in [6.45, 7) is 4.32. The third-order valence-electron chi connectivity index (χ3n) is 3.79. The highest BCUT2D eigenvalue weighted by Crippen LogP contribution is 2.27. The molecule has 114 valence electrons. The van der Waals surface area contributed by atoms with E-state index < -0.39 is 5.82 Å². The number of amides is 1. The normalized spacial score (nSPS) is 12.6. The third-order valence-corrected chi connectivity index (χ3v) is 3.79. The van der Waals surface area contributed by atoms with E-state index >= 15 is 0 Å². The van der Waals surface area contributed by atoms with E-state index in [1.54, 1.807) is 19.1 Å². The summed E-state index contributed by atoms with van der Waals surface area (Å²) in [5, 5.41) is 12.4. The molecule has 1 aromatic carbocycles. The molecule has 2 rings (SSSR count). The Morgan fingerprint density at radius 1 is 1.48 bits per heavy atom.